The van der Waals surface area contributed by atoms with Gasteiger partial charge in [0, 0.05) is 0 Å². The summed E-state index contributed by atoms with van der Waals surface area (Å²) in [7, 11) is -4.44. The number of rotatable bonds is 3. The second-order valence-electron chi connectivity index (χ2n) is 2.20. The van der Waals surface area contributed by atoms with Crippen molar-refractivity contribution in [1.82, 2.24) is 0 Å². The molecule has 0 aromatic heterocycles. The topological polar surface area (TPSA) is 80.6 Å². The maximum atomic E-state index is 11.1. The second-order valence-corrected chi connectivity index (χ2v) is 4.10. The minimum Gasteiger partial charge on any atom is -0.841 e. The van der Waals surface area contributed by atoms with E-state index >= 15 is 0 Å². The molecule has 0 saturated heterocycles. The van der Waals surface area contributed by atoms with Gasteiger partial charge in [0.05, 0.1) is 0 Å². The van der Waals surface area contributed by atoms with E-state index in [1.54, 1.807) is 0 Å². The van der Waals surface area contributed by atoms with E-state index in [4.69, 9.17) is 9.79 Å². The average Bonchev–Trinajstić information content (AvgIpc) is 1.84. The van der Waals surface area contributed by atoms with Crippen LogP contribution in [0.3, 0.4) is 0 Å². The van der Waals surface area contributed by atoms with E-state index in [0.29, 0.717) is 0 Å². The maximum Gasteiger partial charge on any atom is 1.00 e. The largest absolute Gasteiger partial charge is 1.00 e. The molecule has 0 rings (SSSR count). The molecule has 0 radical (unpaired) electrons. The molecule has 0 spiro atoms. The Kier molecular flexibility index (Phi) is 6.61. The zero-order valence-electron chi connectivity index (χ0n) is 7.07. The smallest absolute Gasteiger partial charge is 0.841 e. The Labute approximate surface area is 88.5 Å². The van der Waals surface area contributed by atoms with Crippen molar-refractivity contribution in [2.45, 2.75) is 32.0 Å². The van der Waals surface area contributed by atoms with Gasteiger partial charge in [-0.05, 0) is 5.34 Å². The third-order valence-electron chi connectivity index (χ3n) is 1.64. The van der Waals surface area contributed by atoms with E-state index in [1.807, 2.05) is 0 Å². The second kappa shape index (κ2) is 4.97. The molecule has 2 N–H and O–H groups in total. The minimum absolute atomic E-state index is 0. The van der Waals surface area contributed by atoms with Crippen molar-refractivity contribution in [3.63, 3.8) is 0 Å². The van der Waals surface area contributed by atoms with Gasteiger partial charge in [-0.3, -0.25) is 4.57 Å². The Hall–Kier alpha value is 1.11. The molecule has 11 heavy (non-hydrogen) atoms. The van der Waals surface area contributed by atoms with Crippen LogP contribution in [0.1, 0.15) is 26.7 Å². The van der Waals surface area contributed by atoms with Crippen LogP contribution >= 0.6 is 7.60 Å². The summed E-state index contributed by atoms with van der Waals surface area (Å²) in [6, 6.07) is 0. The molecule has 62 valence electrons. The molecule has 0 amide bonds. The van der Waals surface area contributed by atoms with Crippen molar-refractivity contribution < 1.29 is 49.0 Å². The molecule has 0 heterocycles. The summed E-state index contributed by atoms with van der Waals surface area (Å²) in [5.74, 6) is 0. The van der Waals surface area contributed by atoms with Crippen LogP contribution in [0.4, 0.5) is 0 Å². The van der Waals surface area contributed by atoms with Gasteiger partial charge in [-0.25, -0.2) is 0 Å². The van der Waals surface area contributed by atoms with E-state index < -0.39 is 12.9 Å². The number of hydrogen-bond acceptors (Lipinski definition) is 2. The Morgan fingerprint density at radius 3 is 1.64 bits per heavy atom. The van der Waals surface area contributed by atoms with Crippen LogP contribution in [0, 0.1) is 0 Å². The van der Waals surface area contributed by atoms with Gasteiger partial charge >= 0.3 is 37.2 Å². The predicted octanol–water partition coefficient (Wildman–Crippen LogP) is -2.96. The van der Waals surface area contributed by atoms with Crippen LogP contribution in [0.2, 0.25) is 0 Å². The summed E-state index contributed by atoms with van der Waals surface area (Å²) in [5, 5.41) is 9.04. The molecule has 4 nitrogen and oxygen atoms in total. The molecule has 0 unspecified atom stereocenters. The summed E-state index contributed by atoms with van der Waals surface area (Å²) < 4.78 is 10.5. The van der Waals surface area contributed by atoms with Crippen molar-refractivity contribution in [2.75, 3.05) is 0 Å². The first kappa shape index (κ1) is 14.6. The van der Waals surface area contributed by atoms with Gasteiger partial charge in [0.1, 0.15) is 0 Å². The maximum absolute atomic E-state index is 11.1. The molecule has 0 aromatic carbocycles. The van der Waals surface area contributed by atoms with Crippen LogP contribution < -0.4 is 34.7 Å². The Bertz CT molecular complexity index is 151. The summed E-state index contributed by atoms with van der Waals surface area (Å²) >= 11 is 0. The SMILES string of the molecule is CCC([O-])(CC)P(=O)(O)O.[Na+]. The summed E-state index contributed by atoms with van der Waals surface area (Å²) in [6.45, 7) is 2.96. The first-order valence-corrected chi connectivity index (χ1v) is 4.74. The van der Waals surface area contributed by atoms with Gasteiger partial charge in [0.15, 0.2) is 0 Å². The third kappa shape index (κ3) is 3.55. The van der Waals surface area contributed by atoms with Crippen LogP contribution in [-0.4, -0.2) is 15.1 Å². The van der Waals surface area contributed by atoms with E-state index in [1.165, 1.54) is 13.8 Å². The van der Waals surface area contributed by atoms with Gasteiger partial charge in [0.2, 0.25) is 0 Å². The third-order valence-corrected chi connectivity index (χ3v) is 3.33. The number of hydrogen-bond donors (Lipinski definition) is 2. The van der Waals surface area contributed by atoms with E-state index in [9.17, 15) is 9.67 Å². The fourth-order valence-electron chi connectivity index (χ4n) is 0.662. The Morgan fingerprint density at radius 2 is 1.64 bits per heavy atom. The normalized spacial score (nSPS) is 12.5. The van der Waals surface area contributed by atoms with Crippen LogP contribution in [-0.2, 0) is 4.57 Å². The van der Waals surface area contributed by atoms with Crippen LogP contribution in [0.5, 0.6) is 0 Å². The van der Waals surface area contributed by atoms with Crippen molar-refractivity contribution >= 4 is 7.60 Å². The molecular formula is C5H12NaO4P. The molecule has 0 fully saturated rings. The van der Waals surface area contributed by atoms with Crippen molar-refractivity contribution in [1.29, 1.82) is 0 Å². The van der Waals surface area contributed by atoms with Crippen molar-refractivity contribution in [3.8, 4) is 0 Å². The van der Waals surface area contributed by atoms with E-state index in [-0.39, 0.29) is 42.4 Å². The quantitative estimate of drug-likeness (QED) is 0.368. The van der Waals surface area contributed by atoms with Gasteiger partial charge in [0.25, 0.3) is 0 Å². The van der Waals surface area contributed by atoms with Crippen LogP contribution in [0.15, 0.2) is 0 Å². The van der Waals surface area contributed by atoms with Crippen LogP contribution in [0.25, 0.3) is 0 Å². The molecule has 6 heteroatoms. The first-order valence-electron chi connectivity index (χ1n) is 3.13. The molecule has 0 aliphatic heterocycles. The monoisotopic (exact) mass is 190 g/mol. The van der Waals surface area contributed by atoms with Crippen molar-refractivity contribution in [3.05, 3.63) is 0 Å². The molecular weight excluding hydrogens is 178 g/mol. The zero-order valence-corrected chi connectivity index (χ0v) is 9.97. The van der Waals surface area contributed by atoms with E-state index in [0.717, 1.165) is 0 Å². The predicted molar refractivity (Wildman–Crippen MR) is 35.4 cm³/mol. The summed E-state index contributed by atoms with van der Waals surface area (Å²) in [5.41, 5.74) is 0. The molecule has 0 bridgehead atoms. The Morgan fingerprint density at radius 1 is 1.36 bits per heavy atom. The standard InChI is InChI=1S/C5H12O4P.Na/c1-3-5(6,4-2)10(7,8)9;/h3-4H2,1-2H3,(H2,7,8,9);/q-1;+1. The molecule has 0 saturated carbocycles. The first-order chi connectivity index (χ1) is 4.37. The van der Waals surface area contributed by atoms with Gasteiger partial charge < -0.3 is 14.9 Å². The average molecular weight is 190 g/mol. The molecule has 0 aromatic rings. The van der Waals surface area contributed by atoms with Gasteiger partial charge in [-0.2, -0.15) is 0 Å². The van der Waals surface area contributed by atoms with Gasteiger partial charge in [-0.15, -0.1) is 0 Å². The van der Waals surface area contributed by atoms with E-state index in [2.05, 4.69) is 0 Å². The summed E-state index contributed by atoms with van der Waals surface area (Å²) in [6.07, 6.45) is -0.0679. The molecule has 0 aliphatic carbocycles. The zero-order chi connectivity index (χ0) is 8.41. The molecule has 0 atom stereocenters. The fourth-order valence-corrected chi connectivity index (χ4v) is 1.49. The molecule has 0 aliphatic rings. The summed E-state index contributed by atoms with van der Waals surface area (Å²) in [4.78, 5) is 17.1. The Balaban J connectivity index is 0. The van der Waals surface area contributed by atoms with Gasteiger partial charge in [-0.1, -0.05) is 26.7 Å². The van der Waals surface area contributed by atoms with Crippen molar-refractivity contribution in [2.24, 2.45) is 0 Å². The minimum atomic E-state index is -4.44. The fraction of sp³-hybridized carbons (Fsp3) is 1.00.